The minimum absolute atomic E-state index is 0.282. The molecule has 140 valence electrons. The number of aryl methyl sites for hydroxylation is 3. The van der Waals surface area contributed by atoms with Gasteiger partial charge in [-0.2, -0.15) is 18.3 Å². The summed E-state index contributed by atoms with van der Waals surface area (Å²) in [4.78, 5) is 17.1. The summed E-state index contributed by atoms with van der Waals surface area (Å²) in [6.07, 6.45) is 1.39. The van der Waals surface area contributed by atoms with Crippen LogP contribution < -0.4 is 5.32 Å². The molecule has 0 fully saturated rings. The second-order valence-corrected chi connectivity index (χ2v) is 6.66. The number of nitrogens with zero attached hydrogens (tertiary/aromatic N) is 3. The van der Waals surface area contributed by atoms with Crippen molar-refractivity contribution in [2.75, 3.05) is 5.32 Å². The van der Waals surface area contributed by atoms with E-state index in [2.05, 4.69) is 15.4 Å². The van der Waals surface area contributed by atoms with Gasteiger partial charge in [0.2, 0.25) is 0 Å². The molecule has 5 nitrogen and oxygen atoms in total. The van der Waals surface area contributed by atoms with Crippen molar-refractivity contribution in [2.45, 2.75) is 38.8 Å². The van der Waals surface area contributed by atoms with Crippen molar-refractivity contribution in [3.63, 3.8) is 0 Å². The quantitative estimate of drug-likeness (QED) is 0.732. The second-order valence-electron chi connectivity index (χ2n) is 6.66. The van der Waals surface area contributed by atoms with E-state index in [0.29, 0.717) is 16.9 Å². The van der Waals surface area contributed by atoms with Gasteiger partial charge in [-0.05, 0) is 62.4 Å². The lowest BCUT2D eigenvalue weighted by molar-refractivity contribution is -0.137. The van der Waals surface area contributed by atoms with Crippen LogP contribution in [0.4, 0.5) is 18.9 Å². The lowest BCUT2D eigenvalue weighted by atomic mass is 9.97. The maximum absolute atomic E-state index is 12.7. The van der Waals surface area contributed by atoms with E-state index in [1.807, 2.05) is 0 Å². The molecule has 4 rings (SSSR count). The molecule has 1 aromatic carbocycles. The Hall–Kier alpha value is -2.90. The van der Waals surface area contributed by atoms with E-state index in [0.717, 1.165) is 49.1 Å². The fraction of sp³-hybridized carbons (Fsp3) is 0.316. The Balaban J connectivity index is 1.66. The molecule has 2 aromatic heterocycles. The van der Waals surface area contributed by atoms with Gasteiger partial charge in [-0.15, -0.1) is 0 Å². The Labute approximate surface area is 153 Å². The van der Waals surface area contributed by atoms with Gasteiger partial charge >= 0.3 is 6.18 Å². The molecular formula is C19H17F3N4O. The van der Waals surface area contributed by atoms with Gasteiger partial charge in [-0.3, -0.25) is 4.79 Å². The number of carbonyl (C=O) groups excluding carboxylic acids is 1. The number of anilines is 1. The summed E-state index contributed by atoms with van der Waals surface area (Å²) in [5, 5.41) is 7.12. The van der Waals surface area contributed by atoms with E-state index in [-0.39, 0.29) is 5.69 Å². The maximum Gasteiger partial charge on any atom is 0.416 e. The van der Waals surface area contributed by atoms with Crippen molar-refractivity contribution in [1.82, 2.24) is 14.6 Å². The number of rotatable bonds is 2. The highest BCUT2D eigenvalue weighted by Gasteiger charge is 2.30. The van der Waals surface area contributed by atoms with E-state index in [1.54, 1.807) is 17.6 Å². The lowest BCUT2D eigenvalue weighted by Gasteiger charge is -2.15. The number of hydrogen-bond donors (Lipinski definition) is 1. The summed E-state index contributed by atoms with van der Waals surface area (Å²) in [7, 11) is 0. The highest BCUT2D eigenvalue weighted by Crippen LogP contribution is 2.30. The molecule has 0 spiro atoms. The summed E-state index contributed by atoms with van der Waals surface area (Å²) in [6.45, 7) is 1.73. The fourth-order valence-corrected chi connectivity index (χ4v) is 3.46. The molecular weight excluding hydrogens is 357 g/mol. The SMILES string of the molecule is Cc1nn2c3c(cnc2c1C(=O)Nc1ccc(C(F)(F)F)cc1)CCCC3. The van der Waals surface area contributed by atoms with Gasteiger partial charge in [0.15, 0.2) is 5.65 Å². The van der Waals surface area contributed by atoms with E-state index < -0.39 is 17.6 Å². The molecule has 0 bridgehead atoms. The predicted octanol–water partition coefficient (Wildman–Crippen LogP) is 4.19. The summed E-state index contributed by atoms with van der Waals surface area (Å²) >= 11 is 0. The van der Waals surface area contributed by atoms with Crippen molar-refractivity contribution < 1.29 is 18.0 Å². The number of hydrogen-bond acceptors (Lipinski definition) is 3. The molecule has 1 aliphatic carbocycles. The molecule has 2 heterocycles. The zero-order chi connectivity index (χ0) is 19.2. The molecule has 27 heavy (non-hydrogen) atoms. The predicted molar refractivity (Wildman–Crippen MR) is 93.8 cm³/mol. The Morgan fingerprint density at radius 2 is 1.85 bits per heavy atom. The number of benzene rings is 1. The molecule has 0 unspecified atom stereocenters. The average molecular weight is 374 g/mol. The van der Waals surface area contributed by atoms with Crippen LogP contribution in [0.1, 0.15) is 45.7 Å². The van der Waals surface area contributed by atoms with Crippen LogP contribution in [0.2, 0.25) is 0 Å². The zero-order valence-electron chi connectivity index (χ0n) is 14.6. The molecule has 1 amide bonds. The first-order chi connectivity index (χ1) is 12.8. The first-order valence-electron chi connectivity index (χ1n) is 8.69. The molecule has 0 atom stereocenters. The number of aromatic nitrogens is 3. The van der Waals surface area contributed by atoms with Gasteiger partial charge in [-0.25, -0.2) is 9.50 Å². The standard InChI is InChI=1S/C19H17F3N4O/c1-11-16(17-23-10-12-4-2-3-5-15(12)26(17)25-11)18(27)24-14-8-6-13(7-9-14)19(20,21)22/h6-10H,2-5H2,1H3,(H,24,27). The molecule has 0 aliphatic heterocycles. The Bertz CT molecular complexity index is 1020. The van der Waals surface area contributed by atoms with Crippen molar-refractivity contribution in [2.24, 2.45) is 0 Å². The Morgan fingerprint density at radius 3 is 2.56 bits per heavy atom. The average Bonchev–Trinajstić information content (AvgIpc) is 2.98. The van der Waals surface area contributed by atoms with Crippen LogP contribution >= 0.6 is 0 Å². The fourth-order valence-electron chi connectivity index (χ4n) is 3.46. The molecule has 8 heteroatoms. The number of halogens is 3. The van der Waals surface area contributed by atoms with Crippen molar-refractivity contribution in [1.29, 1.82) is 0 Å². The third kappa shape index (κ3) is 3.15. The largest absolute Gasteiger partial charge is 0.416 e. The second kappa shape index (κ2) is 6.37. The summed E-state index contributed by atoms with van der Waals surface area (Å²) in [6, 6.07) is 4.34. The van der Waals surface area contributed by atoms with E-state index in [9.17, 15) is 18.0 Å². The van der Waals surface area contributed by atoms with Crippen LogP contribution in [0.25, 0.3) is 5.65 Å². The van der Waals surface area contributed by atoms with Crippen molar-refractivity contribution in [3.05, 3.63) is 58.5 Å². The third-order valence-corrected chi connectivity index (χ3v) is 4.81. The van der Waals surface area contributed by atoms with Gasteiger partial charge in [0.1, 0.15) is 5.56 Å². The summed E-state index contributed by atoms with van der Waals surface area (Å²) in [5.74, 6) is -0.439. The molecule has 1 N–H and O–H groups in total. The molecule has 0 saturated heterocycles. The topological polar surface area (TPSA) is 59.3 Å². The molecule has 0 saturated carbocycles. The minimum atomic E-state index is -4.41. The van der Waals surface area contributed by atoms with Gasteiger partial charge in [-0.1, -0.05) is 0 Å². The van der Waals surface area contributed by atoms with E-state index in [4.69, 9.17) is 0 Å². The number of alkyl halides is 3. The smallest absolute Gasteiger partial charge is 0.322 e. The monoisotopic (exact) mass is 374 g/mol. The lowest BCUT2D eigenvalue weighted by Crippen LogP contribution is -2.15. The minimum Gasteiger partial charge on any atom is -0.322 e. The highest BCUT2D eigenvalue weighted by molar-refractivity contribution is 6.09. The Kier molecular flexibility index (Phi) is 4.13. The van der Waals surface area contributed by atoms with Gasteiger partial charge in [0.05, 0.1) is 11.3 Å². The number of nitrogens with one attached hydrogen (secondary N) is 1. The summed E-state index contributed by atoms with van der Waals surface area (Å²) in [5.41, 5.74) is 3.08. The highest BCUT2D eigenvalue weighted by atomic mass is 19.4. The van der Waals surface area contributed by atoms with Crippen LogP contribution in [0.3, 0.4) is 0 Å². The maximum atomic E-state index is 12.7. The zero-order valence-corrected chi connectivity index (χ0v) is 14.6. The van der Waals surface area contributed by atoms with Gasteiger partial charge < -0.3 is 5.32 Å². The van der Waals surface area contributed by atoms with Crippen LogP contribution in [-0.4, -0.2) is 20.5 Å². The number of amides is 1. The van der Waals surface area contributed by atoms with Crippen LogP contribution in [0.5, 0.6) is 0 Å². The Morgan fingerprint density at radius 1 is 1.15 bits per heavy atom. The normalized spacial score (nSPS) is 14.2. The summed E-state index contributed by atoms with van der Waals surface area (Å²) < 4.78 is 39.7. The van der Waals surface area contributed by atoms with Crippen LogP contribution in [0, 0.1) is 6.92 Å². The van der Waals surface area contributed by atoms with Gasteiger partial charge in [0, 0.05) is 17.6 Å². The number of fused-ring (bicyclic) bond motifs is 3. The van der Waals surface area contributed by atoms with E-state index >= 15 is 0 Å². The van der Waals surface area contributed by atoms with E-state index in [1.165, 1.54) is 12.1 Å². The van der Waals surface area contributed by atoms with Crippen molar-refractivity contribution >= 4 is 17.2 Å². The first-order valence-corrected chi connectivity index (χ1v) is 8.69. The third-order valence-electron chi connectivity index (χ3n) is 4.81. The van der Waals surface area contributed by atoms with Crippen LogP contribution in [-0.2, 0) is 19.0 Å². The number of carbonyl (C=O) groups is 1. The molecule has 3 aromatic rings. The van der Waals surface area contributed by atoms with Crippen molar-refractivity contribution in [3.8, 4) is 0 Å². The molecule has 1 aliphatic rings. The van der Waals surface area contributed by atoms with Gasteiger partial charge in [0.25, 0.3) is 5.91 Å². The first kappa shape index (κ1) is 17.5. The molecule has 0 radical (unpaired) electrons. The van der Waals surface area contributed by atoms with Crippen LogP contribution in [0.15, 0.2) is 30.5 Å².